The molecule has 0 atom stereocenters. The van der Waals surface area contributed by atoms with Gasteiger partial charge < -0.3 is 4.90 Å². The fraction of sp³-hybridized carbons (Fsp3) is 0.400. The topological polar surface area (TPSA) is 3.01 Å². The zero-order valence-electron chi connectivity index (χ0n) is 7.09. The fourth-order valence-electron chi connectivity index (χ4n) is 1.58. The highest BCUT2D eigenvalue weighted by Crippen LogP contribution is 2.28. The van der Waals surface area contributed by atoms with Crippen molar-refractivity contribution in [3.8, 4) is 0 Å². The summed E-state index contributed by atoms with van der Waals surface area (Å²) in [6.45, 7) is 6.85. The van der Waals surface area contributed by atoms with Crippen molar-refractivity contribution in [1.82, 2.24) is 0 Å². The van der Waals surface area contributed by atoms with Gasteiger partial charge in [-0.05, 0) is 25.0 Å². The highest BCUT2D eigenvalue weighted by molar-refractivity contribution is 5.62. The third-order valence-electron chi connectivity index (χ3n) is 2.20. The first-order chi connectivity index (χ1) is 5.29. The lowest BCUT2D eigenvalue weighted by molar-refractivity contribution is 1.28. The van der Waals surface area contributed by atoms with Gasteiger partial charge >= 0.3 is 0 Å². The molecule has 0 saturated carbocycles. The highest BCUT2D eigenvalue weighted by atomic mass is 15.3. The molecule has 0 amide bonds. The maximum absolute atomic E-state index is 2.41. The van der Waals surface area contributed by atoms with Crippen molar-refractivity contribution in [2.45, 2.75) is 13.8 Å². The van der Waals surface area contributed by atoms with Crippen molar-refractivity contribution < 1.29 is 0 Å². The molecule has 0 aliphatic carbocycles. The standard InChI is InChI=1S/C10H13N/c1-8-4-3-5-9(2)10(8)11-6-7-11/h3-5H,6-7H2,1-2H3. The predicted octanol–water partition coefficient (Wildman–Crippen LogP) is 2.12. The molecule has 1 heteroatoms. The van der Waals surface area contributed by atoms with E-state index in [0.29, 0.717) is 0 Å². The molecule has 1 nitrogen and oxygen atoms in total. The molecule has 0 aromatic heterocycles. The molecular weight excluding hydrogens is 134 g/mol. The van der Waals surface area contributed by atoms with Crippen LogP contribution in [0.15, 0.2) is 18.2 Å². The first-order valence-electron chi connectivity index (χ1n) is 4.10. The average molecular weight is 147 g/mol. The van der Waals surface area contributed by atoms with Crippen LogP contribution in [-0.4, -0.2) is 13.1 Å². The second-order valence-electron chi connectivity index (χ2n) is 3.23. The number of hydrogen-bond donors (Lipinski definition) is 0. The van der Waals surface area contributed by atoms with E-state index >= 15 is 0 Å². The number of aryl methyl sites for hydroxylation is 2. The van der Waals surface area contributed by atoms with Gasteiger partial charge in [-0.1, -0.05) is 18.2 Å². The van der Waals surface area contributed by atoms with Crippen LogP contribution in [0.2, 0.25) is 0 Å². The summed E-state index contributed by atoms with van der Waals surface area (Å²) in [6, 6.07) is 6.49. The molecule has 1 aliphatic rings. The van der Waals surface area contributed by atoms with E-state index < -0.39 is 0 Å². The van der Waals surface area contributed by atoms with Crippen molar-refractivity contribution in [2.75, 3.05) is 18.0 Å². The zero-order valence-corrected chi connectivity index (χ0v) is 7.09. The monoisotopic (exact) mass is 147 g/mol. The summed E-state index contributed by atoms with van der Waals surface area (Å²) in [5, 5.41) is 0. The third kappa shape index (κ3) is 1.11. The normalized spacial score (nSPS) is 15.3. The largest absolute Gasteiger partial charge is 0.368 e. The number of para-hydroxylation sites is 1. The van der Waals surface area contributed by atoms with Gasteiger partial charge in [0.15, 0.2) is 0 Å². The summed E-state index contributed by atoms with van der Waals surface area (Å²) in [6.07, 6.45) is 0. The van der Waals surface area contributed by atoms with Gasteiger partial charge in [-0.2, -0.15) is 0 Å². The minimum absolute atomic E-state index is 1.24. The van der Waals surface area contributed by atoms with Crippen LogP contribution < -0.4 is 4.90 Å². The van der Waals surface area contributed by atoms with Crippen molar-refractivity contribution in [3.63, 3.8) is 0 Å². The third-order valence-corrected chi connectivity index (χ3v) is 2.20. The Balaban J connectivity index is 2.48. The molecule has 58 valence electrons. The molecule has 1 aromatic rings. The van der Waals surface area contributed by atoms with Crippen LogP contribution in [0.4, 0.5) is 5.69 Å². The number of rotatable bonds is 1. The molecule has 2 rings (SSSR count). The summed E-state index contributed by atoms with van der Waals surface area (Å²) in [7, 11) is 0. The summed E-state index contributed by atoms with van der Waals surface area (Å²) < 4.78 is 0. The quantitative estimate of drug-likeness (QED) is 0.550. The van der Waals surface area contributed by atoms with Crippen LogP contribution >= 0.6 is 0 Å². The highest BCUT2D eigenvalue weighted by Gasteiger charge is 2.20. The van der Waals surface area contributed by atoms with Gasteiger partial charge in [0.25, 0.3) is 0 Å². The lowest BCUT2D eigenvalue weighted by atomic mass is 10.1. The van der Waals surface area contributed by atoms with E-state index in [1.165, 1.54) is 29.9 Å². The van der Waals surface area contributed by atoms with E-state index in [-0.39, 0.29) is 0 Å². The average Bonchev–Trinajstić information content (AvgIpc) is 2.70. The number of nitrogens with zero attached hydrogens (tertiary/aromatic N) is 1. The Morgan fingerprint density at radius 1 is 1.09 bits per heavy atom. The molecular formula is C10H13N. The van der Waals surface area contributed by atoms with Crippen LogP contribution in [-0.2, 0) is 0 Å². The summed E-state index contributed by atoms with van der Waals surface area (Å²) in [5.74, 6) is 0. The Morgan fingerprint density at radius 2 is 1.64 bits per heavy atom. The summed E-state index contributed by atoms with van der Waals surface area (Å²) in [5.41, 5.74) is 4.26. The van der Waals surface area contributed by atoms with Gasteiger partial charge in [-0.25, -0.2) is 0 Å². The maximum atomic E-state index is 2.41. The first kappa shape index (κ1) is 6.71. The molecule has 0 radical (unpaired) electrons. The molecule has 1 heterocycles. The van der Waals surface area contributed by atoms with E-state index in [1.807, 2.05) is 0 Å². The van der Waals surface area contributed by atoms with E-state index in [2.05, 4.69) is 36.9 Å². The zero-order chi connectivity index (χ0) is 7.84. The molecule has 1 fully saturated rings. The van der Waals surface area contributed by atoms with Crippen molar-refractivity contribution >= 4 is 5.69 Å². The van der Waals surface area contributed by atoms with Crippen LogP contribution in [0.5, 0.6) is 0 Å². The van der Waals surface area contributed by atoms with Crippen molar-refractivity contribution in [2.24, 2.45) is 0 Å². The van der Waals surface area contributed by atoms with Gasteiger partial charge in [0.1, 0.15) is 0 Å². The smallest absolute Gasteiger partial charge is 0.0426 e. The molecule has 0 unspecified atom stereocenters. The van der Waals surface area contributed by atoms with E-state index in [4.69, 9.17) is 0 Å². The molecule has 1 saturated heterocycles. The number of anilines is 1. The van der Waals surface area contributed by atoms with E-state index in [0.717, 1.165) is 0 Å². The van der Waals surface area contributed by atoms with Crippen LogP contribution in [0, 0.1) is 13.8 Å². The molecule has 11 heavy (non-hydrogen) atoms. The summed E-state index contributed by atoms with van der Waals surface area (Å²) >= 11 is 0. The summed E-state index contributed by atoms with van der Waals surface area (Å²) in [4.78, 5) is 2.41. The second kappa shape index (κ2) is 2.26. The number of benzene rings is 1. The Kier molecular flexibility index (Phi) is 1.38. The molecule has 0 N–H and O–H groups in total. The van der Waals surface area contributed by atoms with E-state index in [1.54, 1.807) is 0 Å². The van der Waals surface area contributed by atoms with Crippen LogP contribution in [0.1, 0.15) is 11.1 Å². The second-order valence-corrected chi connectivity index (χ2v) is 3.23. The van der Waals surface area contributed by atoms with Gasteiger partial charge in [0.05, 0.1) is 0 Å². The van der Waals surface area contributed by atoms with E-state index in [9.17, 15) is 0 Å². The molecule has 0 bridgehead atoms. The molecule has 1 aromatic carbocycles. The number of hydrogen-bond acceptors (Lipinski definition) is 1. The first-order valence-corrected chi connectivity index (χ1v) is 4.10. The lowest BCUT2D eigenvalue weighted by Crippen LogP contribution is -1.96. The molecule has 0 spiro atoms. The van der Waals surface area contributed by atoms with Crippen LogP contribution in [0.25, 0.3) is 0 Å². The van der Waals surface area contributed by atoms with Gasteiger partial charge in [-0.3, -0.25) is 0 Å². The Morgan fingerprint density at radius 3 is 2.09 bits per heavy atom. The Bertz CT molecular complexity index is 254. The SMILES string of the molecule is Cc1cccc(C)c1N1CC1. The Hall–Kier alpha value is -0.980. The fourth-order valence-corrected chi connectivity index (χ4v) is 1.58. The van der Waals surface area contributed by atoms with Gasteiger partial charge in [0, 0.05) is 18.8 Å². The lowest BCUT2D eigenvalue weighted by Gasteiger charge is -2.09. The van der Waals surface area contributed by atoms with Crippen molar-refractivity contribution in [1.29, 1.82) is 0 Å². The molecule has 1 aliphatic heterocycles. The minimum Gasteiger partial charge on any atom is -0.368 e. The van der Waals surface area contributed by atoms with Gasteiger partial charge in [-0.15, -0.1) is 0 Å². The minimum atomic E-state index is 1.24. The Labute approximate surface area is 67.6 Å². The van der Waals surface area contributed by atoms with Gasteiger partial charge in [0.2, 0.25) is 0 Å². The maximum Gasteiger partial charge on any atom is 0.0426 e. The van der Waals surface area contributed by atoms with Crippen molar-refractivity contribution in [3.05, 3.63) is 29.3 Å². The predicted molar refractivity (Wildman–Crippen MR) is 48.1 cm³/mol. The van der Waals surface area contributed by atoms with Crippen LogP contribution in [0.3, 0.4) is 0 Å².